The highest BCUT2D eigenvalue weighted by atomic mass is 19.4. The molecule has 19 heavy (non-hydrogen) atoms. The van der Waals surface area contributed by atoms with Gasteiger partial charge in [-0.1, -0.05) is 18.2 Å². The zero-order valence-corrected chi connectivity index (χ0v) is 10.1. The highest BCUT2D eigenvalue weighted by Crippen LogP contribution is 2.36. The Morgan fingerprint density at radius 3 is 2.63 bits per heavy atom. The van der Waals surface area contributed by atoms with Gasteiger partial charge in [0.25, 0.3) is 0 Å². The van der Waals surface area contributed by atoms with Crippen LogP contribution in [0.5, 0.6) is 0 Å². The fraction of sp³-hybridized carbons (Fsp3) is 0.385. The minimum absolute atomic E-state index is 0.107. The molecule has 0 saturated carbocycles. The molecule has 2 aromatic rings. The highest BCUT2D eigenvalue weighted by Gasteiger charge is 2.35. The van der Waals surface area contributed by atoms with Gasteiger partial charge in [-0.3, -0.25) is 0 Å². The first-order chi connectivity index (χ1) is 9.07. The molecule has 3 nitrogen and oxygen atoms in total. The predicted octanol–water partition coefficient (Wildman–Crippen LogP) is 3.30. The molecule has 3 rings (SSSR count). The number of halogens is 3. The lowest BCUT2D eigenvalue weighted by molar-refractivity contribution is -0.137. The number of fused-ring (bicyclic) bond motifs is 1. The van der Waals surface area contributed by atoms with E-state index in [1.807, 2.05) is 0 Å². The molecular formula is C13H12F3N3. The molecule has 6 heteroatoms. The lowest BCUT2D eigenvalue weighted by Gasteiger charge is -2.17. The molecule has 0 bridgehead atoms. The maximum atomic E-state index is 13.0. The van der Waals surface area contributed by atoms with Gasteiger partial charge in [-0.05, 0) is 18.9 Å². The van der Waals surface area contributed by atoms with E-state index in [0.29, 0.717) is 12.4 Å². The number of aromatic nitrogens is 3. The van der Waals surface area contributed by atoms with E-state index in [4.69, 9.17) is 0 Å². The van der Waals surface area contributed by atoms with E-state index in [9.17, 15) is 13.2 Å². The van der Waals surface area contributed by atoms with E-state index < -0.39 is 11.7 Å². The molecule has 1 aromatic heterocycles. The fourth-order valence-electron chi connectivity index (χ4n) is 2.43. The Balaban J connectivity index is 2.15. The average Bonchev–Trinajstić information content (AvgIpc) is 2.81. The summed E-state index contributed by atoms with van der Waals surface area (Å²) in [6, 6.07) is 5.52. The summed E-state index contributed by atoms with van der Waals surface area (Å²) in [5, 5.41) is 7.96. The fourth-order valence-corrected chi connectivity index (χ4v) is 2.43. The summed E-state index contributed by atoms with van der Waals surface area (Å²) in [6.45, 7) is 0.684. The predicted molar refractivity (Wildman–Crippen MR) is 63.4 cm³/mol. The van der Waals surface area contributed by atoms with Crippen LogP contribution in [0.15, 0.2) is 24.3 Å². The van der Waals surface area contributed by atoms with E-state index in [-0.39, 0.29) is 5.56 Å². The van der Waals surface area contributed by atoms with Crippen LogP contribution in [0.1, 0.15) is 24.2 Å². The molecule has 0 saturated heterocycles. The van der Waals surface area contributed by atoms with Crippen molar-refractivity contribution in [1.29, 1.82) is 0 Å². The second-order valence-electron chi connectivity index (χ2n) is 4.59. The van der Waals surface area contributed by atoms with E-state index >= 15 is 0 Å². The summed E-state index contributed by atoms with van der Waals surface area (Å²) in [5.41, 5.74) is -0.550. The Hall–Kier alpha value is -1.85. The van der Waals surface area contributed by atoms with Gasteiger partial charge in [0.15, 0.2) is 5.82 Å². The van der Waals surface area contributed by atoms with Gasteiger partial charge in [-0.15, -0.1) is 10.2 Å². The first kappa shape index (κ1) is 12.2. The molecule has 0 fully saturated rings. The number of hydrogen-bond acceptors (Lipinski definition) is 2. The van der Waals surface area contributed by atoms with E-state index in [0.717, 1.165) is 31.2 Å². The molecule has 0 N–H and O–H groups in total. The minimum atomic E-state index is -4.38. The molecule has 1 aliphatic rings. The average molecular weight is 267 g/mol. The Morgan fingerprint density at radius 1 is 1.05 bits per heavy atom. The van der Waals surface area contributed by atoms with Crippen molar-refractivity contribution in [3.63, 3.8) is 0 Å². The van der Waals surface area contributed by atoms with Crippen molar-refractivity contribution in [2.24, 2.45) is 0 Å². The lowest BCUT2D eigenvalue weighted by Crippen LogP contribution is -2.13. The van der Waals surface area contributed by atoms with Crippen molar-refractivity contribution < 1.29 is 13.2 Å². The van der Waals surface area contributed by atoms with Crippen LogP contribution in [0.2, 0.25) is 0 Å². The molecule has 2 heterocycles. The van der Waals surface area contributed by atoms with Crippen molar-refractivity contribution >= 4 is 0 Å². The summed E-state index contributed by atoms with van der Waals surface area (Å²) in [6.07, 6.45) is -1.63. The standard InChI is InChI=1S/C13H12F3N3/c14-13(15,16)10-6-2-1-5-9(10)12-18-17-11-7-3-4-8-19(11)12/h1-2,5-6H,3-4,7-8H2. The molecule has 1 aromatic carbocycles. The largest absolute Gasteiger partial charge is 0.417 e. The van der Waals surface area contributed by atoms with E-state index in [1.165, 1.54) is 12.1 Å². The number of aryl methyl sites for hydroxylation is 1. The van der Waals surface area contributed by atoms with E-state index in [1.54, 1.807) is 10.6 Å². The lowest BCUT2D eigenvalue weighted by atomic mass is 10.1. The number of hydrogen-bond donors (Lipinski definition) is 0. The van der Waals surface area contributed by atoms with Gasteiger partial charge in [0, 0.05) is 18.5 Å². The topological polar surface area (TPSA) is 30.7 Å². The van der Waals surface area contributed by atoms with Gasteiger partial charge in [-0.2, -0.15) is 13.2 Å². The van der Waals surface area contributed by atoms with Crippen LogP contribution in [-0.2, 0) is 19.1 Å². The Bertz CT molecular complexity index is 601. The van der Waals surface area contributed by atoms with Crippen molar-refractivity contribution in [1.82, 2.24) is 14.8 Å². The van der Waals surface area contributed by atoms with Crippen LogP contribution >= 0.6 is 0 Å². The summed E-state index contributed by atoms with van der Waals surface area (Å²) in [4.78, 5) is 0. The van der Waals surface area contributed by atoms with Gasteiger partial charge in [0.1, 0.15) is 5.82 Å². The summed E-state index contributed by atoms with van der Waals surface area (Å²) in [7, 11) is 0. The monoisotopic (exact) mass is 267 g/mol. The third-order valence-corrected chi connectivity index (χ3v) is 3.33. The maximum Gasteiger partial charge on any atom is 0.417 e. The molecule has 1 aliphatic heterocycles. The number of benzene rings is 1. The van der Waals surface area contributed by atoms with E-state index in [2.05, 4.69) is 10.2 Å². The molecule has 0 atom stereocenters. The normalized spacial score (nSPS) is 15.3. The number of alkyl halides is 3. The zero-order chi connectivity index (χ0) is 13.5. The zero-order valence-electron chi connectivity index (χ0n) is 10.1. The van der Waals surface area contributed by atoms with Crippen molar-refractivity contribution in [3.8, 4) is 11.4 Å². The Morgan fingerprint density at radius 2 is 1.84 bits per heavy atom. The van der Waals surface area contributed by atoms with Gasteiger partial charge in [0.2, 0.25) is 0 Å². The molecule has 100 valence electrons. The molecule has 0 spiro atoms. The Labute approximate surface area is 108 Å². The van der Waals surface area contributed by atoms with Crippen LogP contribution in [-0.4, -0.2) is 14.8 Å². The molecule has 0 unspecified atom stereocenters. The molecule has 0 aliphatic carbocycles. The SMILES string of the molecule is FC(F)(F)c1ccccc1-c1nnc2n1CCCC2. The Kier molecular flexibility index (Phi) is 2.80. The first-order valence-electron chi connectivity index (χ1n) is 6.16. The summed E-state index contributed by atoms with van der Waals surface area (Å²) in [5.74, 6) is 1.10. The molecular weight excluding hydrogens is 255 g/mol. The molecule has 0 amide bonds. The third kappa shape index (κ3) is 2.11. The van der Waals surface area contributed by atoms with Crippen LogP contribution in [0.4, 0.5) is 13.2 Å². The summed E-state index contributed by atoms with van der Waals surface area (Å²) < 4.78 is 40.8. The second-order valence-corrected chi connectivity index (χ2v) is 4.59. The van der Waals surface area contributed by atoms with Crippen LogP contribution < -0.4 is 0 Å². The van der Waals surface area contributed by atoms with Crippen LogP contribution in [0, 0.1) is 0 Å². The second kappa shape index (κ2) is 4.36. The first-order valence-corrected chi connectivity index (χ1v) is 6.16. The minimum Gasteiger partial charge on any atom is -0.311 e. The summed E-state index contributed by atoms with van der Waals surface area (Å²) >= 11 is 0. The number of rotatable bonds is 1. The van der Waals surface area contributed by atoms with Crippen molar-refractivity contribution in [2.45, 2.75) is 32.0 Å². The van der Waals surface area contributed by atoms with Gasteiger partial charge in [0.05, 0.1) is 5.56 Å². The quantitative estimate of drug-likeness (QED) is 0.793. The highest BCUT2D eigenvalue weighted by molar-refractivity contribution is 5.61. The van der Waals surface area contributed by atoms with Gasteiger partial charge >= 0.3 is 6.18 Å². The van der Waals surface area contributed by atoms with Crippen molar-refractivity contribution in [3.05, 3.63) is 35.7 Å². The van der Waals surface area contributed by atoms with Crippen LogP contribution in [0.25, 0.3) is 11.4 Å². The maximum absolute atomic E-state index is 13.0. The third-order valence-electron chi connectivity index (χ3n) is 3.33. The smallest absolute Gasteiger partial charge is 0.311 e. The molecule has 0 radical (unpaired) electrons. The van der Waals surface area contributed by atoms with Gasteiger partial charge < -0.3 is 4.57 Å². The van der Waals surface area contributed by atoms with Crippen LogP contribution in [0.3, 0.4) is 0 Å². The number of nitrogens with zero attached hydrogens (tertiary/aromatic N) is 3. The van der Waals surface area contributed by atoms with Crippen molar-refractivity contribution in [2.75, 3.05) is 0 Å². The van der Waals surface area contributed by atoms with Gasteiger partial charge in [-0.25, -0.2) is 0 Å².